The van der Waals surface area contributed by atoms with Crippen LogP contribution in [0.5, 0.6) is 5.75 Å². The molecule has 2 rings (SSSR count). The molecule has 0 radical (unpaired) electrons. The van der Waals surface area contributed by atoms with Crippen LogP contribution in [-0.2, 0) is 11.3 Å². The summed E-state index contributed by atoms with van der Waals surface area (Å²) < 4.78 is 5.38. The molecule has 1 aromatic rings. The largest absolute Gasteiger partial charge is 0.494 e. The van der Waals surface area contributed by atoms with E-state index in [0.717, 1.165) is 11.3 Å². The van der Waals surface area contributed by atoms with Crippen LogP contribution in [-0.4, -0.2) is 24.0 Å². The third-order valence-electron chi connectivity index (χ3n) is 3.29. The maximum Gasteiger partial charge on any atom is 0.222 e. The van der Waals surface area contributed by atoms with Crippen LogP contribution < -0.4 is 4.74 Å². The Labute approximate surface area is 113 Å². The molecule has 0 aliphatic carbocycles. The average molecular weight is 258 g/mol. The highest BCUT2D eigenvalue weighted by Gasteiger charge is 2.25. The lowest BCUT2D eigenvalue weighted by molar-refractivity contribution is -0.134. The Bertz CT molecular complexity index is 476. The molecule has 1 amide bonds. The van der Waals surface area contributed by atoms with Gasteiger partial charge in [0.2, 0.25) is 5.91 Å². The number of carbonyl (C=O) groups is 1. The number of rotatable bonds is 4. The number of likely N-dealkylation sites (tertiary alicyclic amines) is 1. The number of hydrogen-bond donors (Lipinski definition) is 0. The van der Waals surface area contributed by atoms with Crippen molar-refractivity contribution in [2.45, 2.75) is 26.3 Å². The summed E-state index contributed by atoms with van der Waals surface area (Å²) in [5.74, 6) is 0.951. The van der Waals surface area contributed by atoms with Gasteiger partial charge in [-0.1, -0.05) is 12.1 Å². The SMILES string of the molecule is CCOc1ccc(CN2CC(C#N)CCC2=O)cc1. The minimum absolute atomic E-state index is 0.0274. The Kier molecular flexibility index (Phi) is 4.40. The number of ether oxygens (including phenoxy) is 1. The molecule has 100 valence electrons. The summed E-state index contributed by atoms with van der Waals surface area (Å²) in [7, 11) is 0. The second-order valence-electron chi connectivity index (χ2n) is 4.72. The molecular formula is C15H18N2O2. The first-order valence-corrected chi connectivity index (χ1v) is 6.62. The van der Waals surface area contributed by atoms with Crippen LogP contribution >= 0.6 is 0 Å². The zero-order valence-corrected chi connectivity index (χ0v) is 11.1. The molecule has 0 bridgehead atoms. The van der Waals surface area contributed by atoms with Crippen molar-refractivity contribution in [3.05, 3.63) is 29.8 Å². The standard InChI is InChI=1S/C15H18N2O2/c1-2-19-14-6-3-12(4-7-14)10-17-11-13(9-16)5-8-15(17)18/h3-4,6-7,13H,2,5,8,10-11H2,1H3. The van der Waals surface area contributed by atoms with E-state index in [-0.39, 0.29) is 11.8 Å². The van der Waals surface area contributed by atoms with Crippen LogP contribution in [0.15, 0.2) is 24.3 Å². The molecule has 0 saturated carbocycles. The van der Waals surface area contributed by atoms with Gasteiger partial charge in [0.05, 0.1) is 18.6 Å². The molecule has 1 fully saturated rings. The highest BCUT2D eigenvalue weighted by molar-refractivity contribution is 5.77. The number of carbonyl (C=O) groups excluding carboxylic acids is 1. The quantitative estimate of drug-likeness (QED) is 0.833. The van der Waals surface area contributed by atoms with Crippen molar-refractivity contribution in [3.8, 4) is 11.8 Å². The van der Waals surface area contributed by atoms with Gasteiger partial charge in [0.25, 0.3) is 0 Å². The summed E-state index contributed by atoms with van der Waals surface area (Å²) in [6, 6.07) is 10.0. The number of benzene rings is 1. The van der Waals surface area contributed by atoms with Crippen LogP contribution in [0.3, 0.4) is 0 Å². The molecule has 0 N–H and O–H groups in total. The van der Waals surface area contributed by atoms with Gasteiger partial charge in [-0.3, -0.25) is 4.79 Å². The van der Waals surface area contributed by atoms with E-state index in [0.29, 0.717) is 32.5 Å². The van der Waals surface area contributed by atoms with Crippen molar-refractivity contribution in [3.63, 3.8) is 0 Å². The number of nitriles is 1. The fourth-order valence-electron chi connectivity index (χ4n) is 2.25. The Morgan fingerprint density at radius 2 is 2.16 bits per heavy atom. The lowest BCUT2D eigenvalue weighted by Gasteiger charge is -2.29. The molecule has 19 heavy (non-hydrogen) atoms. The van der Waals surface area contributed by atoms with E-state index in [1.165, 1.54) is 0 Å². The highest BCUT2D eigenvalue weighted by atomic mass is 16.5. The summed E-state index contributed by atoms with van der Waals surface area (Å²) in [6.07, 6.45) is 1.17. The maximum absolute atomic E-state index is 11.8. The van der Waals surface area contributed by atoms with Crippen LogP contribution in [0.25, 0.3) is 0 Å². The summed E-state index contributed by atoms with van der Waals surface area (Å²) in [5.41, 5.74) is 1.07. The van der Waals surface area contributed by atoms with E-state index < -0.39 is 0 Å². The lowest BCUT2D eigenvalue weighted by atomic mass is 9.98. The van der Waals surface area contributed by atoms with E-state index in [2.05, 4.69) is 6.07 Å². The second kappa shape index (κ2) is 6.24. The molecule has 1 heterocycles. The van der Waals surface area contributed by atoms with Crippen LogP contribution in [0, 0.1) is 17.2 Å². The number of hydrogen-bond acceptors (Lipinski definition) is 3. The van der Waals surface area contributed by atoms with Gasteiger partial charge in [0.15, 0.2) is 0 Å². The van der Waals surface area contributed by atoms with E-state index in [9.17, 15) is 4.79 Å². The fraction of sp³-hybridized carbons (Fsp3) is 0.467. The van der Waals surface area contributed by atoms with Crippen LogP contribution in [0.4, 0.5) is 0 Å². The Balaban J connectivity index is 1.99. The highest BCUT2D eigenvalue weighted by Crippen LogP contribution is 2.20. The maximum atomic E-state index is 11.8. The van der Waals surface area contributed by atoms with Crippen molar-refractivity contribution in [2.24, 2.45) is 5.92 Å². The van der Waals surface area contributed by atoms with Crippen molar-refractivity contribution in [2.75, 3.05) is 13.2 Å². The van der Waals surface area contributed by atoms with Crippen molar-refractivity contribution in [1.82, 2.24) is 4.90 Å². The first kappa shape index (κ1) is 13.4. The third-order valence-corrected chi connectivity index (χ3v) is 3.29. The number of nitrogens with zero attached hydrogens (tertiary/aromatic N) is 2. The normalized spacial score (nSPS) is 19.1. The van der Waals surface area contributed by atoms with Gasteiger partial charge in [0.1, 0.15) is 5.75 Å². The van der Waals surface area contributed by atoms with Gasteiger partial charge in [-0.25, -0.2) is 0 Å². The summed E-state index contributed by atoms with van der Waals surface area (Å²) in [4.78, 5) is 13.6. The van der Waals surface area contributed by atoms with Crippen molar-refractivity contribution >= 4 is 5.91 Å². The smallest absolute Gasteiger partial charge is 0.222 e. The van der Waals surface area contributed by atoms with Crippen molar-refractivity contribution < 1.29 is 9.53 Å². The zero-order valence-electron chi connectivity index (χ0n) is 11.1. The van der Waals surface area contributed by atoms with E-state index >= 15 is 0 Å². The predicted octanol–water partition coefficient (Wildman–Crippen LogP) is 2.35. The zero-order chi connectivity index (χ0) is 13.7. The molecule has 0 spiro atoms. The average Bonchev–Trinajstić information content (AvgIpc) is 2.44. The van der Waals surface area contributed by atoms with E-state index in [1.54, 1.807) is 4.90 Å². The summed E-state index contributed by atoms with van der Waals surface area (Å²) in [6.45, 7) is 3.71. The first-order chi connectivity index (χ1) is 9.22. The predicted molar refractivity (Wildman–Crippen MR) is 71.4 cm³/mol. The topological polar surface area (TPSA) is 53.3 Å². The number of piperidine rings is 1. The van der Waals surface area contributed by atoms with Gasteiger partial charge in [0, 0.05) is 19.5 Å². The van der Waals surface area contributed by atoms with E-state index in [1.807, 2.05) is 31.2 Å². The summed E-state index contributed by atoms with van der Waals surface area (Å²) >= 11 is 0. The molecule has 1 aliphatic heterocycles. The summed E-state index contributed by atoms with van der Waals surface area (Å²) in [5, 5.41) is 8.95. The molecule has 1 aliphatic rings. The van der Waals surface area contributed by atoms with Gasteiger partial charge in [-0.2, -0.15) is 5.26 Å². The van der Waals surface area contributed by atoms with Crippen LogP contribution in [0.1, 0.15) is 25.3 Å². The Morgan fingerprint density at radius 3 is 2.79 bits per heavy atom. The van der Waals surface area contributed by atoms with Gasteiger partial charge in [-0.05, 0) is 31.0 Å². The molecule has 0 aromatic heterocycles. The van der Waals surface area contributed by atoms with Gasteiger partial charge in [-0.15, -0.1) is 0 Å². The lowest BCUT2D eigenvalue weighted by Crippen LogP contribution is -2.38. The molecule has 1 unspecified atom stereocenters. The number of amides is 1. The Hall–Kier alpha value is -2.02. The second-order valence-corrected chi connectivity index (χ2v) is 4.72. The molecule has 1 atom stereocenters. The minimum atomic E-state index is -0.0274. The Morgan fingerprint density at radius 1 is 1.42 bits per heavy atom. The fourth-order valence-corrected chi connectivity index (χ4v) is 2.25. The molecular weight excluding hydrogens is 240 g/mol. The van der Waals surface area contributed by atoms with Crippen LogP contribution in [0.2, 0.25) is 0 Å². The first-order valence-electron chi connectivity index (χ1n) is 6.62. The molecule has 4 nitrogen and oxygen atoms in total. The monoisotopic (exact) mass is 258 g/mol. The van der Waals surface area contributed by atoms with Gasteiger partial charge >= 0.3 is 0 Å². The third kappa shape index (κ3) is 3.47. The minimum Gasteiger partial charge on any atom is -0.494 e. The van der Waals surface area contributed by atoms with Crippen molar-refractivity contribution in [1.29, 1.82) is 5.26 Å². The molecule has 1 aromatic carbocycles. The van der Waals surface area contributed by atoms with Gasteiger partial charge < -0.3 is 9.64 Å². The molecule has 1 saturated heterocycles. The van der Waals surface area contributed by atoms with E-state index in [4.69, 9.17) is 10.00 Å². The molecule has 4 heteroatoms.